The summed E-state index contributed by atoms with van der Waals surface area (Å²) in [4.78, 5) is 15.3. The smallest absolute Gasteiger partial charge is 0.264 e. The fourth-order valence-corrected chi connectivity index (χ4v) is 5.91. The van der Waals surface area contributed by atoms with Crippen LogP contribution < -0.4 is 19.3 Å². The summed E-state index contributed by atoms with van der Waals surface area (Å²) in [5.74, 6) is -0.106. The lowest BCUT2D eigenvalue weighted by atomic mass is 10.2. The third-order valence-corrected chi connectivity index (χ3v) is 8.23. The van der Waals surface area contributed by atoms with E-state index in [0.717, 1.165) is 35.8 Å². The minimum atomic E-state index is -4.07. The average molecular weight is 528 g/mol. The Morgan fingerprint density at radius 1 is 1.11 bits per heavy atom. The normalized spacial score (nSPS) is 12.8. The lowest BCUT2D eigenvalue weighted by Crippen LogP contribution is -2.41. The fraction of sp³-hybridized carbons (Fsp3) is 0.296. The highest BCUT2D eigenvalue weighted by Crippen LogP contribution is 2.35. The molecule has 3 aromatic rings. The van der Waals surface area contributed by atoms with Crippen molar-refractivity contribution in [2.24, 2.45) is 0 Å². The lowest BCUT2D eigenvalue weighted by molar-refractivity contribution is -0.119. The van der Waals surface area contributed by atoms with Crippen molar-refractivity contribution < 1.29 is 17.9 Å². The van der Waals surface area contributed by atoms with Crippen molar-refractivity contribution in [3.63, 3.8) is 0 Å². The van der Waals surface area contributed by atoms with Crippen molar-refractivity contribution in [2.45, 2.75) is 24.7 Å². The van der Waals surface area contributed by atoms with Crippen LogP contribution in [-0.4, -0.2) is 47.6 Å². The topological polar surface area (TPSA) is 79.0 Å². The Kier molecular flexibility index (Phi) is 8.06. The summed E-state index contributed by atoms with van der Waals surface area (Å²) in [5, 5.41) is 3.20. The molecule has 0 bridgehead atoms. The van der Waals surface area contributed by atoms with E-state index in [4.69, 9.17) is 16.3 Å². The quantitative estimate of drug-likeness (QED) is 0.395. The Balaban J connectivity index is 1.47. The summed E-state index contributed by atoms with van der Waals surface area (Å²) in [5.41, 5.74) is 3.72. The third-order valence-electron chi connectivity index (χ3n) is 6.22. The maximum atomic E-state index is 13.6. The number of hydrogen-bond acceptors (Lipinski definition) is 5. The largest absolute Gasteiger partial charge is 0.495 e. The van der Waals surface area contributed by atoms with Gasteiger partial charge in [-0.05, 0) is 61.7 Å². The molecule has 1 aliphatic rings. The van der Waals surface area contributed by atoms with E-state index in [1.54, 1.807) is 24.3 Å². The van der Waals surface area contributed by atoms with Crippen molar-refractivity contribution in [3.05, 3.63) is 82.9 Å². The standard InChI is InChI=1S/C27H30ClN3O4S/c1-20-8-11-23(12-9-20)36(33,34)31(25-18-22(28)10-13-26(25)35-2)19-27(32)29-15-5-16-30-17-14-21-6-3-4-7-24(21)30/h3-4,6-13,18H,5,14-17,19H2,1-2H3,(H,29,32). The number of ether oxygens (including phenoxy) is 1. The Labute approximate surface area is 217 Å². The molecular formula is C27H30ClN3O4S. The van der Waals surface area contributed by atoms with Gasteiger partial charge in [-0.15, -0.1) is 0 Å². The van der Waals surface area contributed by atoms with E-state index in [9.17, 15) is 13.2 Å². The van der Waals surface area contributed by atoms with Crippen LogP contribution >= 0.6 is 11.6 Å². The van der Waals surface area contributed by atoms with Crippen molar-refractivity contribution in [1.82, 2.24) is 5.32 Å². The first-order valence-electron chi connectivity index (χ1n) is 11.8. The number of aryl methyl sites for hydroxylation is 1. The molecule has 190 valence electrons. The van der Waals surface area contributed by atoms with Gasteiger partial charge < -0.3 is 15.0 Å². The zero-order valence-electron chi connectivity index (χ0n) is 20.4. The number of rotatable bonds is 10. The molecule has 0 saturated heterocycles. The Hall–Kier alpha value is -3.23. The van der Waals surface area contributed by atoms with Crippen LogP contribution in [0.15, 0.2) is 71.6 Å². The van der Waals surface area contributed by atoms with Crippen LogP contribution in [0.3, 0.4) is 0 Å². The molecule has 0 fully saturated rings. The minimum absolute atomic E-state index is 0.0793. The van der Waals surface area contributed by atoms with Crippen LogP contribution in [0.1, 0.15) is 17.5 Å². The molecule has 0 radical (unpaired) electrons. The zero-order valence-corrected chi connectivity index (χ0v) is 22.0. The molecule has 0 saturated carbocycles. The number of benzene rings is 3. The summed E-state index contributed by atoms with van der Waals surface area (Å²) in [7, 11) is -2.62. The predicted molar refractivity (Wildman–Crippen MR) is 144 cm³/mol. The minimum Gasteiger partial charge on any atom is -0.495 e. The van der Waals surface area contributed by atoms with E-state index in [1.807, 2.05) is 19.1 Å². The lowest BCUT2D eigenvalue weighted by Gasteiger charge is -2.26. The van der Waals surface area contributed by atoms with Gasteiger partial charge >= 0.3 is 0 Å². The van der Waals surface area contributed by atoms with Gasteiger partial charge in [0.1, 0.15) is 12.3 Å². The van der Waals surface area contributed by atoms with Gasteiger partial charge in [0, 0.05) is 30.3 Å². The second kappa shape index (κ2) is 11.2. The zero-order chi connectivity index (χ0) is 25.7. The summed E-state index contributed by atoms with van der Waals surface area (Å²) < 4.78 is 33.7. The number of halogens is 1. The summed E-state index contributed by atoms with van der Waals surface area (Å²) >= 11 is 6.19. The molecule has 7 nitrogen and oxygen atoms in total. The number of nitrogens with zero attached hydrogens (tertiary/aromatic N) is 2. The third kappa shape index (κ3) is 5.77. The highest BCUT2D eigenvalue weighted by molar-refractivity contribution is 7.92. The molecule has 4 rings (SSSR count). The molecular weight excluding hydrogens is 498 g/mol. The van der Waals surface area contributed by atoms with Crippen LogP contribution in [0, 0.1) is 6.92 Å². The second-order valence-corrected chi connectivity index (χ2v) is 11.0. The van der Waals surface area contributed by atoms with Crippen LogP contribution in [0.2, 0.25) is 5.02 Å². The van der Waals surface area contributed by atoms with Gasteiger partial charge in [0.15, 0.2) is 0 Å². The van der Waals surface area contributed by atoms with Gasteiger partial charge in [0.05, 0.1) is 17.7 Å². The van der Waals surface area contributed by atoms with Crippen molar-refractivity contribution in [2.75, 3.05) is 42.5 Å². The molecule has 3 aromatic carbocycles. The van der Waals surface area contributed by atoms with Crippen molar-refractivity contribution in [1.29, 1.82) is 0 Å². The number of fused-ring (bicyclic) bond motifs is 1. The molecule has 0 aliphatic carbocycles. The Morgan fingerprint density at radius 3 is 2.61 bits per heavy atom. The molecule has 1 N–H and O–H groups in total. The van der Waals surface area contributed by atoms with E-state index in [0.29, 0.717) is 17.3 Å². The molecule has 1 heterocycles. The second-order valence-electron chi connectivity index (χ2n) is 8.71. The summed E-state index contributed by atoms with van der Waals surface area (Å²) in [6.45, 7) is 3.68. The van der Waals surface area contributed by atoms with Gasteiger partial charge in [0.25, 0.3) is 10.0 Å². The van der Waals surface area contributed by atoms with E-state index in [-0.39, 0.29) is 10.6 Å². The first-order chi connectivity index (χ1) is 17.3. The predicted octanol–water partition coefficient (Wildman–Crippen LogP) is 4.42. The number of sulfonamides is 1. The molecule has 0 atom stereocenters. The maximum absolute atomic E-state index is 13.6. The average Bonchev–Trinajstić information content (AvgIpc) is 3.28. The highest BCUT2D eigenvalue weighted by Gasteiger charge is 2.29. The van der Waals surface area contributed by atoms with Crippen LogP contribution in [0.4, 0.5) is 11.4 Å². The van der Waals surface area contributed by atoms with E-state index < -0.39 is 22.5 Å². The molecule has 0 aromatic heterocycles. The number of carbonyl (C=O) groups is 1. The Morgan fingerprint density at radius 2 is 1.86 bits per heavy atom. The monoisotopic (exact) mass is 527 g/mol. The van der Waals surface area contributed by atoms with E-state index in [2.05, 4.69) is 22.3 Å². The SMILES string of the molecule is COc1ccc(Cl)cc1N(CC(=O)NCCCN1CCc2ccccc21)S(=O)(=O)c1ccc(C)cc1. The number of anilines is 2. The van der Waals surface area contributed by atoms with Crippen LogP contribution in [-0.2, 0) is 21.2 Å². The molecule has 9 heteroatoms. The van der Waals surface area contributed by atoms with Crippen molar-refractivity contribution in [3.8, 4) is 5.75 Å². The number of hydrogen-bond donors (Lipinski definition) is 1. The van der Waals surface area contributed by atoms with Crippen LogP contribution in [0.25, 0.3) is 0 Å². The highest BCUT2D eigenvalue weighted by atomic mass is 35.5. The number of amides is 1. The van der Waals surface area contributed by atoms with E-state index in [1.165, 1.54) is 36.6 Å². The number of methoxy groups -OCH3 is 1. The molecule has 0 unspecified atom stereocenters. The van der Waals surface area contributed by atoms with Crippen LogP contribution in [0.5, 0.6) is 5.75 Å². The Bertz CT molecular complexity index is 1330. The van der Waals surface area contributed by atoms with E-state index >= 15 is 0 Å². The summed E-state index contributed by atoms with van der Waals surface area (Å²) in [6.07, 6.45) is 1.76. The molecule has 1 amide bonds. The first-order valence-corrected chi connectivity index (χ1v) is 13.6. The molecule has 1 aliphatic heterocycles. The number of carbonyl (C=O) groups excluding carboxylic acids is 1. The maximum Gasteiger partial charge on any atom is 0.264 e. The molecule has 0 spiro atoms. The first kappa shape index (κ1) is 25.9. The summed E-state index contributed by atoms with van der Waals surface area (Å²) in [6, 6.07) is 19.5. The van der Waals surface area contributed by atoms with Gasteiger partial charge in [-0.3, -0.25) is 9.10 Å². The van der Waals surface area contributed by atoms with Crippen molar-refractivity contribution >= 4 is 38.9 Å². The van der Waals surface area contributed by atoms with Gasteiger partial charge in [-0.1, -0.05) is 47.5 Å². The molecule has 36 heavy (non-hydrogen) atoms. The van der Waals surface area contributed by atoms with Gasteiger partial charge in [-0.25, -0.2) is 8.42 Å². The van der Waals surface area contributed by atoms with Gasteiger partial charge in [-0.2, -0.15) is 0 Å². The number of nitrogens with one attached hydrogen (secondary N) is 1. The van der Waals surface area contributed by atoms with Gasteiger partial charge in [0.2, 0.25) is 5.91 Å². The number of para-hydroxylation sites is 1. The fourth-order valence-electron chi connectivity index (χ4n) is 4.32.